The number of hydrogen-bond acceptors (Lipinski definition) is 5. The summed E-state index contributed by atoms with van der Waals surface area (Å²) in [7, 11) is 0. The van der Waals surface area contributed by atoms with Crippen LogP contribution in [0, 0.1) is 5.82 Å². The molecule has 0 bridgehead atoms. The largest absolute Gasteiger partial charge is 0.380 e. The average Bonchev–Trinajstić information content (AvgIpc) is 2.39. The van der Waals surface area contributed by atoms with Crippen LogP contribution in [0.3, 0.4) is 0 Å². The van der Waals surface area contributed by atoms with Crippen molar-refractivity contribution in [1.82, 2.24) is 15.0 Å². The molecule has 0 radical (unpaired) electrons. The maximum Gasteiger partial charge on any atom is 0.143 e. The molecule has 0 saturated heterocycles. The molecule has 22 heavy (non-hydrogen) atoms. The Morgan fingerprint density at radius 1 is 1.09 bits per heavy atom. The van der Waals surface area contributed by atoms with E-state index in [2.05, 4.69) is 39.4 Å². The molecule has 0 saturated carbocycles. The van der Waals surface area contributed by atoms with Gasteiger partial charge in [-0.2, -0.15) is 0 Å². The van der Waals surface area contributed by atoms with Crippen LogP contribution >= 0.6 is 0 Å². The lowest BCUT2D eigenvalue weighted by Crippen LogP contribution is -2.34. The fourth-order valence-corrected chi connectivity index (χ4v) is 2.16. The van der Waals surface area contributed by atoms with E-state index in [-0.39, 0.29) is 11.4 Å². The maximum atomic E-state index is 13.2. The second-order valence-electron chi connectivity index (χ2n) is 6.26. The predicted octanol–water partition coefficient (Wildman–Crippen LogP) is 3.26. The molecule has 0 aliphatic carbocycles. The molecular weight excluding hydrogens is 281 g/mol. The second-order valence-corrected chi connectivity index (χ2v) is 6.26. The molecular formula is C16H22FN5. The van der Waals surface area contributed by atoms with E-state index in [1.807, 2.05) is 13.8 Å². The van der Waals surface area contributed by atoms with E-state index in [1.54, 1.807) is 18.6 Å². The van der Waals surface area contributed by atoms with Crippen molar-refractivity contribution in [3.63, 3.8) is 0 Å². The Morgan fingerprint density at radius 2 is 1.77 bits per heavy atom. The third-order valence-corrected chi connectivity index (χ3v) is 2.95. The van der Waals surface area contributed by atoms with E-state index in [0.717, 1.165) is 11.5 Å². The highest BCUT2D eigenvalue weighted by atomic mass is 19.1. The monoisotopic (exact) mass is 303 g/mol. The van der Waals surface area contributed by atoms with Gasteiger partial charge in [0.1, 0.15) is 11.6 Å². The first-order valence-corrected chi connectivity index (χ1v) is 7.30. The van der Waals surface area contributed by atoms with E-state index < -0.39 is 0 Å². The van der Waals surface area contributed by atoms with Crippen LogP contribution < -0.4 is 10.6 Å². The summed E-state index contributed by atoms with van der Waals surface area (Å²) in [6.45, 7) is 8.16. The van der Waals surface area contributed by atoms with E-state index in [1.165, 1.54) is 12.3 Å². The SMILES string of the molecule is CC(C)Nc1cnc(CC(C)(C)Nc2cncc(F)c2)nc1. The number of hydrogen-bond donors (Lipinski definition) is 2. The topological polar surface area (TPSA) is 62.7 Å². The summed E-state index contributed by atoms with van der Waals surface area (Å²) in [6.07, 6.45) is 6.96. The standard InChI is InChI=1S/C16H22FN5/c1-11(2)21-14-9-19-15(20-10-14)6-16(3,4)22-13-5-12(17)7-18-8-13/h5,7-11,21-22H,6H2,1-4H3. The van der Waals surface area contributed by atoms with Crippen LogP contribution in [0.5, 0.6) is 0 Å². The van der Waals surface area contributed by atoms with Crippen LogP contribution in [0.2, 0.25) is 0 Å². The quantitative estimate of drug-likeness (QED) is 0.857. The van der Waals surface area contributed by atoms with E-state index >= 15 is 0 Å². The van der Waals surface area contributed by atoms with Crippen LogP contribution in [0.15, 0.2) is 30.9 Å². The van der Waals surface area contributed by atoms with Crippen molar-refractivity contribution >= 4 is 11.4 Å². The van der Waals surface area contributed by atoms with Crippen molar-refractivity contribution in [3.05, 3.63) is 42.5 Å². The molecule has 0 spiro atoms. The van der Waals surface area contributed by atoms with Crippen molar-refractivity contribution < 1.29 is 4.39 Å². The lowest BCUT2D eigenvalue weighted by atomic mass is 10.00. The Bertz CT molecular complexity index is 610. The lowest BCUT2D eigenvalue weighted by molar-refractivity contribution is 0.544. The first-order valence-electron chi connectivity index (χ1n) is 7.30. The van der Waals surface area contributed by atoms with E-state index in [0.29, 0.717) is 18.2 Å². The second kappa shape index (κ2) is 6.68. The van der Waals surface area contributed by atoms with E-state index in [9.17, 15) is 4.39 Å². The normalized spacial score (nSPS) is 11.5. The summed E-state index contributed by atoms with van der Waals surface area (Å²) >= 11 is 0. The van der Waals surface area contributed by atoms with Crippen molar-refractivity contribution in [1.29, 1.82) is 0 Å². The molecule has 0 atom stereocenters. The van der Waals surface area contributed by atoms with Crippen molar-refractivity contribution in [2.45, 2.75) is 45.7 Å². The van der Waals surface area contributed by atoms with Crippen LogP contribution in [0.4, 0.5) is 15.8 Å². The first-order chi connectivity index (χ1) is 10.3. The third kappa shape index (κ3) is 4.95. The highest BCUT2D eigenvalue weighted by Crippen LogP contribution is 2.18. The van der Waals surface area contributed by atoms with E-state index in [4.69, 9.17) is 0 Å². The van der Waals surface area contributed by atoms with Crippen molar-refractivity contribution in [2.75, 3.05) is 10.6 Å². The van der Waals surface area contributed by atoms with Crippen LogP contribution in [-0.4, -0.2) is 26.5 Å². The summed E-state index contributed by atoms with van der Waals surface area (Å²) in [6, 6.07) is 1.76. The smallest absolute Gasteiger partial charge is 0.143 e. The van der Waals surface area contributed by atoms with Gasteiger partial charge in [0, 0.05) is 24.1 Å². The van der Waals surface area contributed by atoms with Gasteiger partial charge in [0.25, 0.3) is 0 Å². The Kier molecular flexibility index (Phi) is 4.90. The molecule has 0 unspecified atom stereocenters. The molecule has 0 aliphatic rings. The van der Waals surface area contributed by atoms with Crippen LogP contribution in [0.25, 0.3) is 0 Å². The highest BCUT2D eigenvalue weighted by molar-refractivity contribution is 5.43. The fraction of sp³-hybridized carbons (Fsp3) is 0.438. The Morgan fingerprint density at radius 3 is 2.36 bits per heavy atom. The van der Waals surface area contributed by atoms with Gasteiger partial charge in [0.05, 0.1) is 36.2 Å². The van der Waals surface area contributed by atoms with Gasteiger partial charge in [-0.05, 0) is 27.7 Å². The van der Waals surface area contributed by atoms with Gasteiger partial charge in [-0.25, -0.2) is 14.4 Å². The number of pyridine rings is 1. The summed E-state index contributed by atoms with van der Waals surface area (Å²) in [5.74, 6) is 0.373. The summed E-state index contributed by atoms with van der Waals surface area (Å²) < 4.78 is 13.2. The van der Waals surface area contributed by atoms with Crippen molar-refractivity contribution in [3.8, 4) is 0 Å². The molecule has 2 N–H and O–H groups in total. The van der Waals surface area contributed by atoms with Gasteiger partial charge in [-0.3, -0.25) is 4.98 Å². The highest BCUT2D eigenvalue weighted by Gasteiger charge is 2.20. The first kappa shape index (κ1) is 16.1. The summed E-state index contributed by atoms with van der Waals surface area (Å²) in [4.78, 5) is 12.6. The zero-order valence-corrected chi connectivity index (χ0v) is 13.4. The van der Waals surface area contributed by atoms with Crippen molar-refractivity contribution in [2.24, 2.45) is 0 Å². The molecule has 118 valence electrons. The third-order valence-electron chi connectivity index (χ3n) is 2.95. The maximum absolute atomic E-state index is 13.2. The summed E-state index contributed by atoms with van der Waals surface area (Å²) in [5, 5.41) is 6.51. The molecule has 0 fully saturated rings. The molecule has 0 aliphatic heterocycles. The average molecular weight is 303 g/mol. The number of aromatic nitrogens is 3. The predicted molar refractivity (Wildman–Crippen MR) is 86.4 cm³/mol. The van der Waals surface area contributed by atoms with Crippen LogP contribution in [-0.2, 0) is 6.42 Å². The Labute approximate surface area is 130 Å². The molecule has 2 aromatic rings. The molecule has 2 rings (SSSR count). The molecule has 5 nitrogen and oxygen atoms in total. The van der Waals surface area contributed by atoms with Gasteiger partial charge in [0.15, 0.2) is 0 Å². The number of nitrogens with zero attached hydrogens (tertiary/aromatic N) is 3. The summed E-state index contributed by atoms with van der Waals surface area (Å²) in [5.41, 5.74) is 1.23. The minimum absolute atomic E-state index is 0.317. The van der Waals surface area contributed by atoms with Gasteiger partial charge in [-0.15, -0.1) is 0 Å². The lowest BCUT2D eigenvalue weighted by Gasteiger charge is -2.26. The molecule has 0 aromatic carbocycles. The molecule has 6 heteroatoms. The zero-order valence-electron chi connectivity index (χ0n) is 13.4. The Hall–Kier alpha value is -2.24. The van der Waals surface area contributed by atoms with Gasteiger partial charge < -0.3 is 10.6 Å². The Balaban J connectivity index is 2.01. The fourth-order valence-electron chi connectivity index (χ4n) is 2.16. The van der Waals surface area contributed by atoms with Gasteiger partial charge in [-0.1, -0.05) is 0 Å². The molecule has 2 aromatic heterocycles. The number of nitrogens with one attached hydrogen (secondary N) is 2. The van der Waals surface area contributed by atoms with Gasteiger partial charge >= 0.3 is 0 Å². The minimum Gasteiger partial charge on any atom is -0.380 e. The zero-order chi connectivity index (χ0) is 16.2. The van der Waals surface area contributed by atoms with Crippen LogP contribution in [0.1, 0.15) is 33.5 Å². The minimum atomic E-state index is -0.360. The molecule has 0 amide bonds. The number of rotatable bonds is 6. The molecule has 2 heterocycles. The number of halogens is 1. The van der Waals surface area contributed by atoms with Gasteiger partial charge in [0.2, 0.25) is 0 Å². The number of anilines is 2.